The Bertz CT molecular complexity index is 875. The number of benzene rings is 2. The first kappa shape index (κ1) is 19.4. The van der Waals surface area contributed by atoms with Gasteiger partial charge in [0.1, 0.15) is 5.69 Å². The van der Waals surface area contributed by atoms with Crippen molar-refractivity contribution in [2.45, 2.75) is 25.3 Å². The van der Waals surface area contributed by atoms with Gasteiger partial charge in [-0.3, -0.25) is 19.8 Å². The van der Waals surface area contributed by atoms with Gasteiger partial charge in [0.2, 0.25) is 0 Å². The van der Waals surface area contributed by atoms with Crippen LogP contribution in [0.5, 0.6) is 0 Å². The second-order valence-electron chi connectivity index (χ2n) is 7.78. The molecule has 4 rings (SSSR count). The van der Waals surface area contributed by atoms with E-state index in [-0.39, 0.29) is 11.6 Å². The predicted molar refractivity (Wildman–Crippen MR) is 112 cm³/mol. The van der Waals surface area contributed by atoms with Gasteiger partial charge in [-0.15, -0.1) is 0 Å². The SMILES string of the molecule is O=C(c1ccc(NC2CC2)c([N+](=O)[O-])c1)N1CCN(CCc2ccccc2)CC1. The van der Waals surface area contributed by atoms with E-state index in [2.05, 4.69) is 34.5 Å². The Morgan fingerprint density at radius 1 is 1.07 bits per heavy atom. The Balaban J connectivity index is 1.34. The van der Waals surface area contributed by atoms with Gasteiger partial charge in [0.05, 0.1) is 4.92 Å². The number of amides is 1. The minimum absolute atomic E-state index is 0.0238. The first-order valence-electron chi connectivity index (χ1n) is 10.2. The molecule has 1 heterocycles. The number of carbonyl (C=O) groups is 1. The van der Waals surface area contributed by atoms with Crippen molar-refractivity contribution in [3.05, 3.63) is 69.8 Å². The molecule has 2 aliphatic rings. The van der Waals surface area contributed by atoms with Crippen LogP contribution in [0.25, 0.3) is 0 Å². The average Bonchev–Trinajstić information content (AvgIpc) is 3.57. The number of nitrogens with zero attached hydrogens (tertiary/aromatic N) is 3. The highest BCUT2D eigenvalue weighted by Gasteiger charge is 2.27. The summed E-state index contributed by atoms with van der Waals surface area (Å²) in [7, 11) is 0. The number of nitro groups is 1. The number of hydrogen-bond donors (Lipinski definition) is 1. The molecule has 1 saturated heterocycles. The van der Waals surface area contributed by atoms with Gasteiger partial charge >= 0.3 is 0 Å². The van der Waals surface area contributed by atoms with E-state index in [9.17, 15) is 14.9 Å². The van der Waals surface area contributed by atoms with Crippen molar-refractivity contribution in [2.24, 2.45) is 0 Å². The van der Waals surface area contributed by atoms with Crippen LogP contribution in [-0.2, 0) is 6.42 Å². The monoisotopic (exact) mass is 394 g/mol. The number of carbonyl (C=O) groups excluding carboxylic acids is 1. The van der Waals surface area contributed by atoms with Gasteiger partial charge in [0.25, 0.3) is 11.6 Å². The molecule has 0 aromatic heterocycles. The Morgan fingerprint density at radius 3 is 2.45 bits per heavy atom. The Kier molecular flexibility index (Phi) is 5.76. The van der Waals surface area contributed by atoms with Crippen molar-refractivity contribution in [1.29, 1.82) is 0 Å². The second-order valence-corrected chi connectivity index (χ2v) is 7.78. The van der Waals surface area contributed by atoms with Crippen LogP contribution in [0, 0.1) is 10.1 Å². The zero-order valence-corrected chi connectivity index (χ0v) is 16.4. The number of hydrogen-bond acceptors (Lipinski definition) is 5. The molecule has 0 bridgehead atoms. The highest BCUT2D eigenvalue weighted by molar-refractivity contribution is 5.95. The summed E-state index contributed by atoms with van der Waals surface area (Å²) in [4.78, 5) is 28.1. The van der Waals surface area contributed by atoms with Crippen LogP contribution >= 0.6 is 0 Å². The standard InChI is InChI=1S/C22H26N4O3/c27-22(18-6-9-20(23-19-7-8-19)21(16-18)26(28)29)25-14-12-24(13-15-25)11-10-17-4-2-1-3-5-17/h1-6,9,16,19,23H,7-8,10-15H2. The van der Waals surface area contributed by atoms with Crippen molar-refractivity contribution >= 4 is 17.3 Å². The van der Waals surface area contributed by atoms with Crippen molar-refractivity contribution in [3.8, 4) is 0 Å². The van der Waals surface area contributed by atoms with E-state index >= 15 is 0 Å². The number of piperazine rings is 1. The molecule has 0 spiro atoms. The lowest BCUT2D eigenvalue weighted by Crippen LogP contribution is -2.49. The van der Waals surface area contributed by atoms with E-state index in [0.29, 0.717) is 30.4 Å². The van der Waals surface area contributed by atoms with Gasteiger partial charge in [0, 0.05) is 50.4 Å². The maximum absolute atomic E-state index is 12.9. The fourth-order valence-corrected chi connectivity index (χ4v) is 3.67. The normalized spacial score (nSPS) is 17.2. The molecule has 7 nitrogen and oxygen atoms in total. The molecular formula is C22H26N4O3. The van der Waals surface area contributed by atoms with E-state index in [1.807, 2.05) is 6.07 Å². The van der Waals surface area contributed by atoms with Gasteiger partial charge in [0.15, 0.2) is 0 Å². The molecule has 2 fully saturated rings. The minimum atomic E-state index is -0.414. The summed E-state index contributed by atoms with van der Waals surface area (Å²) in [5, 5.41) is 14.6. The molecule has 0 radical (unpaired) electrons. The highest BCUT2D eigenvalue weighted by Crippen LogP contribution is 2.31. The van der Waals surface area contributed by atoms with Gasteiger partial charge in [-0.25, -0.2) is 0 Å². The fourth-order valence-electron chi connectivity index (χ4n) is 3.67. The summed E-state index contributed by atoms with van der Waals surface area (Å²) in [6, 6.07) is 15.5. The number of nitro benzene ring substituents is 1. The number of nitrogens with one attached hydrogen (secondary N) is 1. The fraction of sp³-hybridized carbons (Fsp3) is 0.409. The molecular weight excluding hydrogens is 368 g/mol. The van der Waals surface area contributed by atoms with E-state index in [0.717, 1.165) is 38.9 Å². The quantitative estimate of drug-likeness (QED) is 0.576. The molecule has 0 atom stereocenters. The van der Waals surface area contributed by atoms with Crippen LogP contribution in [0.2, 0.25) is 0 Å². The van der Waals surface area contributed by atoms with Crippen molar-refractivity contribution in [2.75, 3.05) is 38.0 Å². The molecule has 7 heteroatoms. The lowest BCUT2D eigenvalue weighted by atomic mass is 10.1. The van der Waals surface area contributed by atoms with E-state index in [4.69, 9.17) is 0 Å². The summed E-state index contributed by atoms with van der Waals surface area (Å²) in [6.07, 6.45) is 3.06. The largest absolute Gasteiger partial charge is 0.377 e. The zero-order chi connectivity index (χ0) is 20.2. The van der Waals surface area contributed by atoms with E-state index in [1.54, 1.807) is 17.0 Å². The summed E-state index contributed by atoms with van der Waals surface area (Å²) in [5.41, 5.74) is 2.18. The summed E-state index contributed by atoms with van der Waals surface area (Å²) >= 11 is 0. The third-order valence-corrected chi connectivity index (χ3v) is 5.60. The van der Waals surface area contributed by atoms with Crippen LogP contribution in [0.15, 0.2) is 48.5 Å². The van der Waals surface area contributed by atoms with Crippen molar-refractivity contribution in [1.82, 2.24) is 9.80 Å². The number of anilines is 1. The first-order valence-corrected chi connectivity index (χ1v) is 10.2. The molecule has 152 valence electrons. The summed E-state index contributed by atoms with van der Waals surface area (Å²) in [6.45, 7) is 3.90. The average molecular weight is 394 g/mol. The van der Waals surface area contributed by atoms with Crippen molar-refractivity contribution in [3.63, 3.8) is 0 Å². The van der Waals surface area contributed by atoms with Gasteiger partial charge in [-0.2, -0.15) is 0 Å². The van der Waals surface area contributed by atoms with Crippen LogP contribution in [0.3, 0.4) is 0 Å². The van der Waals surface area contributed by atoms with Crippen LogP contribution < -0.4 is 5.32 Å². The molecule has 0 unspecified atom stereocenters. The van der Waals surface area contributed by atoms with Crippen molar-refractivity contribution < 1.29 is 9.72 Å². The minimum Gasteiger partial charge on any atom is -0.377 e. The van der Waals surface area contributed by atoms with Crippen LogP contribution in [0.1, 0.15) is 28.8 Å². The van der Waals surface area contributed by atoms with Crippen LogP contribution in [-0.4, -0.2) is 59.4 Å². The van der Waals surface area contributed by atoms with E-state index < -0.39 is 4.92 Å². The summed E-state index contributed by atoms with van der Waals surface area (Å²) in [5.74, 6) is -0.131. The maximum atomic E-state index is 12.9. The molecule has 2 aromatic rings. The predicted octanol–water partition coefficient (Wildman–Crippen LogP) is 3.17. The molecule has 29 heavy (non-hydrogen) atoms. The highest BCUT2D eigenvalue weighted by atomic mass is 16.6. The smallest absolute Gasteiger partial charge is 0.293 e. The lowest BCUT2D eigenvalue weighted by molar-refractivity contribution is -0.384. The van der Waals surface area contributed by atoms with Gasteiger partial charge in [-0.1, -0.05) is 30.3 Å². The summed E-state index contributed by atoms with van der Waals surface area (Å²) < 4.78 is 0. The van der Waals surface area contributed by atoms with E-state index in [1.165, 1.54) is 11.6 Å². The molecule has 1 amide bonds. The maximum Gasteiger partial charge on any atom is 0.293 e. The topological polar surface area (TPSA) is 78.7 Å². The molecule has 1 saturated carbocycles. The van der Waals surface area contributed by atoms with Gasteiger partial charge < -0.3 is 10.2 Å². The zero-order valence-electron chi connectivity index (χ0n) is 16.4. The number of rotatable bonds is 7. The molecule has 2 aromatic carbocycles. The Hall–Kier alpha value is -2.93. The molecule has 1 aliphatic heterocycles. The van der Waals surface area contributed by atoms with Gasteiger partial charge in [-0.05, 0) is 37.0 Å². The Labute approximate surface area is 170 Å². The molecule has 1 aliphatic carbocycles. The first-order chi connectivity index (χ1) is 14.1. The second kappa shape index (κ2) is 8.61. The lowest BCUT2D eigenvalue weighted by Gasteiger charge is -2.34. The molecule has 1 N–H and O–H groups in total. The third-order valence-electron chi connectivity index (χ3n) is 5.60. The third kappa shape index (κ3) is 4.92. The van der Waals surface area contributed by atoms with Crippen LogP contribution in [0.4, 0.5) is 11.4 Å². The Morgan fingerprint density at radius 2 is 1.79 bits per heavy atom.